The zero-order valence-corrected chi connectivity index (χ0v) is 22.3. The standard InChI is InChI=1S/C27H14F6S4/c1-23-19(11-17(36-23)5-3-15-7-9-34-13-15)21-22(26(30,31)27(32,33)25(21,28)29)20-12-18(37-24(20,23)2)6-4-16-8-10-35-14-16/h7-14H,1-2H3/t23-,24-/m1/s1. The maximum Gasteiger partial charge on any atom is 0.380 e. The summed E-state index contributed by atoms with van der Waals surface area (Å²) in [5, 5.41) is 7.28. The molecule has 0 aromatic carbocycles. The minimum atomic E-state index is -5.58. The first-order valence-electron chi connectivity index (χ1n) is 10.9. The Kier molecular flexibility index (Phi) is 5.34. The lowest BCUT2D eigenvalue weighted by molar-refractivity contribution is -0.258. The van der Waals surface area contributed by atoms with Crippen molar-refractivity contribution in [3.8, 4) is 23.7 Å². The molecular formula is C27H14F6S4. The van der Waals surface area contributed by atoms with Gasteiger partial charge in [-0.2, -0.15) is 49.0 Å². The average Bonchev–Trinajstić information content (AvgIpc) is 3.62. The van der Waals surface area contributed by atoms with Gasteiger partial charge >= 0.3 is 17.8 Å². The summed E-state index contributed by atoms with van der Waals surface area (Å²) in [6.07, 6.45) is 2.56. The van der Waals surface area contributed by atoms with Gasteiger partial charge in [0.25, 0.3) is 0 Å². The van der Waals surface area contributed by atoms with Crippen LogP contribution in [0.2, 0.25) is 0 Å². The molecule has 0 N–H and O–H groups in total. The fourth-order valence-electron chi connectivity index (χ4n) is 4.97. The van der Waals surface area contributed by atoms with Crippen molar-refractivity contribution in [1.29, 1.82) is 0 Å². The SMILES string of the molecule is C[C@@]12SC(C#Cc3ccsc3)=CC1=C1C(=C3C=C(C#Cc4ccsc4)S[C@]32C)C(F)(F)C(F)(F)C1(F)F. The Balaban J connectivity index is 1.58. The lowest BCUT2D eigenvalue weighted by Gasteiger charge is -2.46. The molecule has 1 saturated carbocycles. The van der Waals surface area contributed by atoms with E-state index in [1.165, 1.54) is 34.8 Å². The van der Waals surface area contributed by atoms with Crippen LogP contribution in [0.1, 0.15) is 25.0 Å². The molecule has 0 radical (unpaired) electrons. The molecule has 2 aliphatic heterocycles. The van der Waals surface area contributed by atoms with Crippen LogP contribution in [-0.4, -0.2) is 27.3 Å². The fraction of sp³-hybridized carbons (Fsp3) is 0.259. The molecule has 1 fully saturated rings. The quantitative estimate of drug-likeness (QED) is 0.226. The number of hydrogen-bond donors (Lipinski definition) is 0. The smallest absolute Gasteiger partial charge is 0.194 e. The first kappa shape index (κ1) is 25.1. The first-order valence-corrected chi connectivity index (χ1v) is 14.4. The Morgan fingerprint density at radius 3 is 1.38 bits per heavy atom. The molecule has 2 aliphatic carbocycles. The molecule has 6 rings (SSSR count). The summed E-state index contributed by atoms with van der Waals surface area (Å²) in [4.78, 5) is 0.705. The molecule has 4 aliphatic rings. The van der Waals surface area contributed by atoms with Crippen LogP contribution < -0.4 is 0 Å². The van der Waals surface area contributed by atoms with E-state index in [0.717, 1.165) is 23.5 Å². The minimum Gasteiger partial charge on any atom is -0.194 e. The van der Waals surface area contributed by atoms with E-state index in [1.54, 1.807) is 26.0 Å². The highest BCUT2D eigenvalue weighted by molar-refractivity contribution is 8.09. The van der Waals surface area contributed by atoms with Gasteiger partial charge in [-0.25, -0.2) is 0 Å². The molecule has 10 heteroatoms. The van der Waals surface area contributed by atoms with E-state index in [0.29, 0.717) is 20.9 Å². The zero-order chi connectivity index (χ0) is 26.4. The van der Waals surface area contributed by atoms with Crippen LogP contribution in [-0.2, 0) is 0 Å². The summed E-state index contributed by atoms with van der Waals surface area (Å²) in [5.41, 5.74) is -1.63. The number of halogens is 6. The van der Waals surface area contributed by atoms with Crippen LogP contribution in [0, 0.1) is 23.7 Å². The molecule has 0 amide bonds. The predicted octanol–water partition coefficient (Wildman–Crippen LogP) is 8.52. The monoisotopic (exact) mass is 580 g/mol. The second kappa shape index (κ2) is 7.89. The van der Waals surface area contributed by atoms with Gasteiger partial charge in [0.15, 0.2) is 0 Å². The van der Waals surface area contributed by atoms with Crippen molar-refractivity contribution in [3.05, 3.63) is 89.0 Å². The molecule has 0 bridgehead atoms. The maximum atomic E-state index is 15.3. The third-order valence-corrected chi connectivity index (χ3v) is 11.5. The van der Waals surface area contributed by atoms with Gasteiger partial charge in [0.05, 0.1) is 19.3 Å². The summed E-state index contributed by atoms with van der Waals surface area (Å²) in [6.45, 7) is 3.26. The number of thioether (sulfide) groups is 2. The largest absolute Gasteiger partial charge is 0.380 e. The summed E-state index contributed by atoms with van der Waals surface area (Å²) in [6, 6.07) is 3.57. The Labute approximate surface area is 225 Å². The molecule has 0 nitrogen and oxygen atoms in total. The lowest BCUT2D eigenvalue weighted by atomic mass is 9.71. The van der Waals surface area contributed by atoms with Crippen molar-refractivity contribution in [1.82, 2.24) is 0 Å². The Morgan fingerprint density at radius 1 is 0.622 bits per heavy atom. The molecular weight excluding hydrogens is 567 g/mol. The second-order valence-corrected chi connectivity index (χ2v) is 13.6. The number of allylic oxidation sites excluding steroid dienone is 6. The van der Waals surface area contributed by atoms with Crippen LogP contribution in [0.4, 0.5) is 26.3 Å². The van der Waals surface area contributed by atoms with E-state index in [-0.39, 0.29) is 11.1 Å². The molecule has 2 aromatic rings. The van der Waals surface area contributed by atoms with Crippen LogP contribution in [0.15, 0.2) is 77.9 Å². The van der Waals surface area contributed by atoms with Crippen molar-refractivity contribution >= 4 is 46.2 Å². The van der Waals surface area contributed by atoms with Crippen molar-refractivity contribution < 1.29 is 26.3 Å². The molecule has 0 saturated heterocycles. The molecule has 0 unspecified atom stereocenters. The van der Waals surface area contributed by atoms with Gasteiger partial charge in [0, 0.05) is 33.0 Å². The highest BCUT2D eigenvalue weighted by Gasteiger charge is 2.84. The lowest BCUT2D eigenvalue weighted by Crippen LogP contribution is -2.48. The summed E-state index contributed by atoms with van der Waals surface area (Å²) < 4.78 is 88.0. The molecule has 4 heterocycles. The van der Waals surface area contributed by atoms with Crippen molar-refractivity contribution in [2.45, 2.75) is 41.1 Å². The van der Waals surface area contributed by atoms with Gasteiger partial charge in [-0.15, -0.1) is 23.5 Å². The Hall–Kier alpha value is -2.24. The molecule has 37 heavy (non-hydrogen) atoms. The van der Waals surface area contributed by atoms with Gasteiger partial charge in [-0.3, -0.25) is 0 Å². The van der Waals surface area contributed by atoms with Gasteiger partial charge in [-0.05, 0) is 60.0 Å². The number of alkyl halides is 6. The fourth-order valence-corrected chi connectivity index (χ4v) is 8.99. The van der Waals surface area contributed by atoms with E-state index >= 15 is 17.6 Å². The van der Waals surface area contributed by atoms with Gasteiger partial charge in [0.2, 0.25) is 0 Å². The van der Waals surface area contributed by atoms with E-state index in [1.807, 2.05) is 21.5 Å². The Bertz CT molecular complexity index is 1460. The third kappa shape index (κ3) is 3.22. The average molecular weight is 581 g/mol. The van der Waals surface area contributed by atoms with Crippen LogP contribution in [0.3, 0.4) is 0 Å². The zero-order valence-electron chi connectivity index (χ0n) is 19.0. The number of fused-ring (bicyclic) bond motifs is 4. The van der Waals surface area contributed by atoms with E-state index in [9.17, 15) is 8.78 Å². The second-order valence-electron chi connectivity index (χ2n) is 9.11. The molecule has 0 spiro atoms. The van der Waals surface area contributed by atoms with Gasteiger partial charge in [0.1, 0.15) is 0 Å². The highest BCUT2D eigenvalue weighted by atomic mass is 32.2. The summed E-state index contributed by atoms with van der Waals surface area (Å²) in [5.74, 6) is -3.99. The molecule has 2 atom stereocenters. The number of rotatable bonds is 0. The molecule has 188 valence electrons. The van der Waals surface area contributed by atoms with Crippen LogP contribution >= 0.6 is 46.2 Å². The normalized spacial score (nSPS) is 29.9. The predicted molar refractivity (Wildman–Crippen MR) is 139 cm³/mol. The summed E-state index contributed by atoms with van der Waals surface area (Å²) in [7, 11) is 0. The van der Waals surface area contributed by atoms with E-state index < -0.39 is 38.4 Å². The summed E-state index contributed by atoms with van der Waals surface area (Å²) >= 11 is 5.15. The number of hydrogen-bond acceptors (Lipinski definition) is 4. The van der Waals surface area contributed by atoms with Crippen molar-refractivity contribution in [3.63, 3.8) is 0 Å². The molecule has 2 aromatic heterocycles. The van der Waals surface area contributed by atoms with Crippen molar-refractivity contribution in [2.24, 2.45) is 0 Å². The van der Waals surface area contributed by atoms with Gasteiger partial charge in [-0.1, -0.05) is 23.7 Å². The van der Waals surface area contributed by atoms with Crippen LogP contribution in [0.25, 0.3) is 0 Å². The Morgan fingerprint density at radius 2 is 1.03 bits per heavy atom. The number of thiophene rings is 2. The van der Waals surface area contributed by atoms with Gasteiger partial charge < -0.3 is 0 Å². The highest BCUT2D eigenvalue weighted by Crippen LogP contribution is 2.73. The first-order chi connectivity index (χ1) is 17.3. The van der Waals surface area contributed by atoms with E-state index in [4.69, 9.17) is 0 Å². The maximum absolute atomic E-state index is 15.3. The minimum absolute atomic E-state index is 0.233. The third-order valence-electron chi connectivity index (χ3n) is 7.03. The van der Waals surface area contributed by atoms with E-state index in [2.05, 4.69) is 23.7 Å². The van der Waals surface area contributed by atoms with Crippen molar-refractivity contribution in [2.75, 3.05) is 0 Å². The van der Waals surface area contributed by atoms with Crippen LogP contribution in [0.5, 0.6) is 0 Å². The topological polar surface area (TPSA) is 0 Å².